The van der Waals surface area contributed by atoms with Gasteiger partial charge in [0, 0.05) is 12.1 Å². The van der Waals surface area contributed by atoms with Crippen molar-refractivity contribution in [1.29, 1.82) is 0 Å². The van der Waals surface area contributed by atoms with Gasteiger partial charge in [0.1, 0.15) is 0 Å². The van der Waals surface area contributed by atoms with Crippen LogP contribution in [0.4, 0.5) is 0 Å². The summed E-state index contributed by atoms with van der Waals surface area (Å²) in [6.07, 6.45) is 4.38. The molecule has 2 rings (SSSR count). The molecule has 15 heavy (non-hydrogen) atoms. The van der Waals surface area contributed by atoms with Crippen LogP contribution in [-0.2, 0) is 4.79 Å². The molecule has 3 nitrogen and oxygen atoms in total. The summed E-state index contributed by atoms with van der Waals surface area (Å²) in [6.45, 7) is 5.45. The number of piperidine rings is 1. The van der Waals surface area contributed by atoms with E-state index >= 15 is 0 Å². The van der Waals surface area contributed by atoms with E-state index in [2.05, 4.69) is 18.7 Å². The largest absolute Gasteiger partial charge is 0.481 e. The number of rotatable bonds is 3. The van der Waals surface area contributed by atoms with Gasteiger partial charge in [-0.2, -0.15) is 0 Å². The van der Waals surface area contributed by atoms with E-state index in [-0.39, 0.29) is 5.92 Å². The fraction of sp³-hybridized carbons (Fsp3) is 0.917. The molecule has 2 fully saturated rings. The Morgan fingerprint density at radius 3 is 2.47 bits per heavy atom. The maximum Gasteiger partial charge on any atom is 0.308 e. The molecule has 0 radical (unpaired) electrons. The van der Waals surface area contributed by atoms with Crippen LogP contribution in [0.5, 0.6) is 0 Å². The van der Waals surface area contributed by atoms with Gasteiger partial charge in [0.05, 0.1) is 5.92 Å². The third-order valence-electron chi connectivity index (χ3n) is 3.81. The second-order valence-electron chi connectivity index (χ2n) is 5.25. The zero-order chi connectivity index (χ0) is 11.0. The highest BCUT2D eigenvalue weighted by molar-refractivity contribution is 5.71. The van der Waals surface area contributed by atoms with E-state index < -0.39 is 5.97 Å². The van der Waals surface area contributed by atoms with Crippen molar-refractivity contribution in [2.75, 3.05) is 6.54 Å². The van der Waals surface area contributed by atoms with Gasteiger partial charge in [-0.15, -0.1) is 0 Å². The lowest BCUT2D eigenvalue weighted by molar-refractivity contribution is -0.147. The summed E-state index contributed by atoms with van der Waals surface area (Å²) in [5.74, 6) is -0.0419. The fourth-order valence-corrected chi connectivity index (χ4v) is 2.95. The third kappa shape index (κ3) is 2.17. The van der Waals surface area contributed by atoms with E-state index in [1.165, 1.54) is 12.8 Å². The molecule has 0 bridgehead atoms. The molecule has 1 saturated heterocycles. The maximum absolute atomic E-state index is 11.2. The average Bonchev–Trinajstić information content (AvgIpc) is 2.99. The molecule has 0 spiro atoms. The van der Waals surface area contributed by atoms with Crippen molar-refractivity contribution in [3.05, 3.63) is 0 Å². The number of carbonyl (C=O) groups is 1. The summed E-state index contributed by atoms with van der Waals surface area (Å²) in [5, 5.41) is 9.26. The number of carboxylic acids is 1. The Bertz CT molecular complexity index is 248. The van der Waals surface area contributed by atoms with Gasteiger partial charge < -0.3 is 5.11 Å². The summed E-state index contributed by atoms with van der Waals surface area (Å²) in [6, 6.07) is 0.800. The molecular formula is C12H21NO2. The quantitative estimate of drug-likeness (QED) is 0.776. The molecule has 1 saturated carbocycles. The zero-order valence-corrected chi connectivity index (χ0v) is 9.65. The van der Waals surface area contributed by atoms with Crippen molar-refractivity contribution >= 4 is 5.97 Å². The van der Waals surface area contributed by atoms with E-state index in [4.69, 9.17) is 0 Å². The van der Waals surface area contributed by atoms with Gasteiger partial charge in [-0.3, -0.25) is 9.69 Å². The predicted octanol–water partition coefficient (Wildman–Crippen LogP) is 1.97. The van der Waals surface area contributed by atoms with Crippen LogP contribution < -0.4 is 0 Å². The first-order valence-corrected chi connectivity index (χ1v) is 6.10. The van der Waals surface area contributed by atoms with E-state index in [9.17, 15) is 9.90 Å². The Morgan fingerprint density at radius 1 is 1.33 bits per heavy atom. The van der Waals surface area contributed by atoms with Crippen LogP contribution in [-0.4, -0.2) is 34.6 Å². The number of likely N-dealkylation sites (tertiary alicyclic amines) is 1. The first-order valence-electron chi connectivity index (χ1n) is 6.10. The highest BCUT2D eigenvalue weighted by Crippen LogP contribution is 2.42. The van der Waals surface area contributed by atoms with Gasteiger partial charge in [0.2, 0.25) is 0 Å². The molecule has 0 aromatic heterocycles. The average molecular weight is 211 g/mol. The van der Waals surface area contributed by atoms with E-state index in [1.54, 1.807) is 0 Å². The second-order valence-corrected chi connectivity index (χ2v) is 5.25. The summed E-state index contributed by atoms with van der Waals surface area (Å²) in [7, 11) is 0. The predicted molar refractivity (Wildman–Crippen MR) is 58.7 cm³/mol. The molecule has 2 atom stereocenters. The molecule has 86 valence electrons. The van der Waals surface area contributed by atoms with Gasteiger partial charge >= 0.3 is 5.97 Å². The minimum Gasteiger partial charge on any atom is -0.481 e. The Hall–Kier alpha value is -0.570. The third-order valence-corrected chi connectivity index (χ3v) is 3.81. The van der Waals surface area contributed by atoms with Crippen LogP contribution in [0.3, 0.4) is 0 Å². The van der Waals surface area contributed by atoms with E-state index in [0.717, 1.165) is 19.4 Å². The summed E-state index contributed by atoms with van der Waals surface area (Å²) in [4.78, 5) is 13.7. The molecule has 0 unspecified atom stereocenters. The lowest BCUT2D eigenvalue weighted by Gasteiger charge is -2.42. The Balaban J connectivity index is 2.14. The van der Waals surface area contributed by atoms with Gasteiger partial charge in [0.15, 0.2) is 0 Å². The summed E-state index contributed by atoms with van der Waals surface area (Å²) >= 11 is 0. The molecule has 2 aliphatic rings. The smallest absolute Gasteiger partial charge is 0.308 e. The number of nitrogens with zero attached hydrogens (tertiary/aromatic N) is 1. The number of hydrogen-bond donors (Lipinski definition) is 1. The lowest BCUT2D eigenvalue weighted by Crippen LogP contribution is -2.52. The van der Waals surface area contributed by atoms with Crippen molar-refractivity contribution in [3.8, 4) is 0 Å². The number of carboxylic acid groups (broad SMARTS) is 1. The van der Waals surface area contributed by atoms with E-state index in [1.807, 2.05) is 0 Å². The maximum atomic E-state index is 11.2. The highest BCUT2D eigenvalue weighted by Gasteiger charge is 2.45. The molecule has 1 heterocycles. The number of aliphatic carboxylic acids is 1. The van der Waals surface area contributed by atoms with Crippen molar-refractivity contribution in [2.45, 2.75) is 51.6 Å². The second kappa shape index (κ2) is 4.12. The Labute approximate surface area is 91.5 Å². The van der Waals surface area contributed by atoms with Crippen LogP contribution in [0.15, 0.2) is 0 Å². The molecule has 0 aromatic rings. The lowest BCUT2D eigenvalue weighted by atomic mass is 9.85. The first-order chi connectivity index (χ1) is 7.11. The zero-order valence-electron chi connectivity index (χ0n) is 9.65. The Kier molecular flexibility index (Phi) is 3.01. The number of hydrogen-bond acceptors (Lipinski definition) is 2. The fourth-order valence-electron chi connectivity index (χ4n) is 2.95. The van der Waals surface area contributed by atoms with Crippen molar-refractivity contribution in [1.82, 2.24) is 4.90 Å². The molecule has 1 aliphatic heterocycles. The van der Waals surface area contributed by atoms with Crippen molar-refractivity contribution in [3.63, 3.8) is 0 Å². The van der Waals surface area contributed by atoms with E-state index in [0.29, 0.717) is 18.0 Å². The van der Waals surface area contributed by atoms with Crippen molar-refractivity contribution in [2.24, 2.45) is 11.8 Å². The van der Waals surface area contributed by atoms with Crippen LogP contribution >= 0.6 is 0 Å². The van der Waals surface area contributed by atoms with Crippen LogP contribution in [0.2, 0.25) is 0 Å². The van der Waals surface area contributed by atoms with Crippen LogP contribution in [0, 0.1) is 11.8 Å². The summed E-state index contributed by atoms with van der Waals surface area (Å²) < 4.78 is 0. The first kappa shape index (κ1) is 10.9. The molecule has 3 heteroatoms. The molecule has 0 amide bonds. The van der Waals surface area contributed by atoms with Gasteiger partial charge in [0.25, 0.3) is 0 Å². The van der Waals surface area contributed by atoms with Crippen LogP contribution in [0.25, 0.3) is 0 Å². The van der Waals surface area contributed by atoms with Gasteiger partial charge in [-0.1, -0.05) is 0 Å². The minimum absolute atomic E-state index is 0.117. The minimum atomic E-state index is -0.586. The Morgan fingerprint density at radius 2 is 2.00 bits per heavy atom. The highest BCUT2D eigenvalue weighted by atomic mass is 16.4. The monoisotopic (exact) mass is 211 g/mol. The normalized spacial score (nSPS) is 33.3. The van der Waals surface area contributed by atoms with Gasteiger partial charge in [-0.05, 0) is 52.0 Å². The van der Waals surface area contributed by atoms with Crippen molar-refractivity contribution < 1.29 is 9.90 Å². The van der Waals surface area contributed by atoms with Gasteiger partial charge in [-0.25, -0.2) is 0 Å². The molecule has 0 aromatic carbocycles. The molecular weight excluding hydrogens is 190 g/mol. The standard InChI is InChI=1S/C12H21NO2/c1-8(2)13-7-3-4-10(12(14)15)11(13)9-5-6-9/h8-11H,3-7H2,1-2H3,(H,14,15)/t10-,11+/m0/s1. The summed E-state index contributed by atoms with van der Waals surface area (Å²) in [5.41, 5.74) is 0. The topological polar surface area (TPSA) is 40.5 Å². The van der Waals surface area contributed by atoms with Crippen LogP contribution in [0.1, 0.15) is 39.5 Å². The molecule has 1 aliphatic carbocycles. The SMILES string of the molecule is CC(C)N1CCC[C@H](C(=O)O)[C@H]1C1CC1. The molecule has 1 N–H and O–H groups in total.